The van der Waals surface area contributed by atoms with Crippen molar-refractivity contribution in [3.8, 4) is 5.75 Å². The Hall–Kier alpha value is -3.57. The first-order chi connectivity index (χ1) is 12.9. The summed E-state index contributed by atoms with van der Waals surface area (Å²) >= 11 is 0. The van der Waals surface area contributed by atoms with Gasteiger partial charge in [-0.25, -0.2) is 9.59 Å². The van der Waals surface area contributed by atoms with Gasteiger partial charge >= 0.3 is 18.0 Å². The first kappa shape index (κ1) is 20.7. The Bertz CT molecular complexity index is 1040. The minimum atomic E-state index is -4.88. The summed E-state index contributed by atoms with van der Waals surface area (Å²) in [5.74, 6) is -2.89. The molecule has 2 rings (SSSR count). The van der Waals surface area contributed by atoms with E-state index in [0.717, 1.165) is 35.9 Å². The molecule has 0 atom stereocenters. The fourth-order valence-electron chi connectivity index (χ4n) is 2.20. The first-order valence-corrected chi connectivity index (χ1v) is 7.54. The maximum absolute atomic E-state index is 12.2. The minimum absolute atomic E-state index is 0.149. The minimum Gasteiger partial charge on any atom is -0.454 e. The van der Waals surface area contributed by atoms with Gasteiger partial charge in [0.2, 0.25) is 5.78 Å². The van der Waals surface area contributed by atoms with Crippen molar-refractivity contribution in [3.05, 3.63) is 56.2 Å². The second-order valence-corrected chi connectivity index (χ2v) is 5.54. The van der Waals surface area contributed by atoms with Crippen LogP contribution in [0.25, 0.3) is 0 Å². The number of ketones is 1. The number of carbonyl (C=O) groups excluding carboxylic acids is 2. The van der Waals surface area contributed by atoms with Crippen LogP contribution in [0.2, 0.25) is 0 Å². The van der Waals surface area contributed by atoms with Crippen molar-refractivity contribution in [1.82, 2.24) is 9.13 Å². The number of rotatable bonds is 5. The molecule has 2 aromatic rings. The molecule has 1 aromatic heterocycles. The Morgan fingerprint density at radius 3 is 2.18 bits per heavy atom. The summed E-state index contributed by atoms with van der Waals surface area (Å²) in [7, 11) is 2.40. The molecule has 12 heteroatoms. The number of hydrogen-bond donors (Lipinski definition) is 1. The van der Waals surface area contributed by atoms with Crippen molar-refractivity contribution >= 4 is 17.6 Å². The number of halogens is 3. The molecule has 0 amide bonds. The van der Waals surface area contributed by atoms with Gasteiger partial charge in [-0.15, -0.1) is 13.2 Å². The van der Waals surface area contributed by atoms with Crippen molar-refractivity contribution in [2.45, 2.75) is 6.36 Å². The summed E-state index contributed by atoms with van der Waals surface area (Å²) < 4.78 is 46.3. The van der Waals surface area contributed by atoms with Crippen molar-refractivity contribution < 1.29 is 32.2 Å². The summed E-state index contributed by atoms with van der Waals surface area (Å²) in [5.41, 5.74) is 3.26. The van der Waals surface area contributed by atoms with Gasteiger partial charge < -0.3 is 15.2 Å². The van der Waals surface area contributed by atoms with E-state index in [2.05, 4.69) is 4.74 Å². The topological polar surface area (TPSA) is 123 Å². The number of benzene rings is 1. The molecule has 9 nitrogen and oxygen atoms in total. The SMILES string of the molecule is Cn1c(N)c(C(=O)COC(=O)c2ccc(OC(F)(F)F)cc2)c(=O)n(C)c1=O. The van der Waals surface area contributed by atoms with Crippen LogP contribution >= 0.6 is 0 Å². The van der Waals surface area contributed by atoms with Crippen LogP contribution < -0.4 is 21.7 Å². The van der Waals surface area contributed by atoms with Crippen LogP contribution in [0.3, 0.4) is 0 Å². The summed E-state index contributed by atoms with van der Waals surface area (Å²) in [6, 6.07) is 3.81. The third kappa shape index (κ3) is 4.39. The first-order valence-electron chi connectivity index (χ1n) is 7.54. The van der Waals surface area contributed by atoms with Crippen LogP contribution in [0, 0.1) is 0 Å². The largest absolute Gasteiger partial charge is 0.573 e. The van der Waals surface area contributed by atoms with E-state index in [0.29, 0.717) is 4.57 Å². The number of anilines is 1. The number of Topliss-reactive ketones (excluding diaryl/α,β-unsaturated/α-hetero) is 1. The molecule has 1 heterocycles. The molecular formula is C16H14F3N3O6. The van der Waals surface area contributed by atoms with Gasteiger partial charge in [0.1, 0.15) is 17.1 Å². The predicted octanol–water partition coefficient (Wildman–Crippen LogP) is 0.604. The maximum atomic E-state index is 12.2. The number of esters is 1. The van der Waals surface area contributed by atoms with Crippen molar-refractivity contribution in [2.24, 2.45) is 14.1 Å². The number of hydrogen-bond acceptors (Lipinski definition) is 7. The van der Waals surface area contributed by atoms with E-state index in [4.69, 9.17) is 10.5 Å². The second kappa shape index (κ2) is 7.58. The van der Waals surface area contributed by atoms with E-state index in [-0.39, 0.29) is 11.4 Å². The third-order valence-electron chi connectivity index (χ3n) is 3.65. The molecule has 150 valence electrons. The Balaban J connectivity index is 2.13. The summed E-state index contributed by atoms with van der Waals surface area (Å²) in [6.07, 6.45) is -4.88. The van der Waals surface area contributed by atoms with Gasteiger partial charge in [-0.2, -0.15) is 0 Å². The highest BCUT2D eigenvalue weighted by atomic mass is 19.4. The van der Waals surface area contributed by atoms with Crippen LogP contribution in [0.1, 0.15) is 20.7 Å². The Morgan fingerprint density at radius 2 is 1.64 bits per heavy atom. The number of aromatic nitrogens is 2. The lowest BCUT2D eigenvalue weighted by atomic mass is 10.2. The van der Waals surface area contributed by atoms with Crippen molar-refractivity contribution in [1.29, 1.82) is 0 Å². The summed E-state index contributed by atoms with van der Waals surface area (Å²) in [6.45, 7) is -0.864. The van der Waals surface area contributed by atoms with Crippen LogP contribution in [-0.2, 0) is 18.8 Å². The quantitative estimate of drug-likeness (QED) is 0.575. The number of nitrogen functional groups attached to an aromatic ring is 1. The van der Waals surface area contributed by atoms with E-state index in [9.17, 15) is 32.3 Å². The molecule has 0 radical (unpaired) electrons. The normalized spacial score (nSPS) is 11.2. The predicted molar refractivity (Wildman–Crippen MR) is 89.1 cm³/mol. The van der Waals surface area contributed by atoms with Crippen LogP contribution in [0.4, 0.5) is 19.0 Å². The van der Waals surface area contributed by atoms with Gasteiger partial charge in [0.15, 0.2) is 6.61 Å². The molecule has 0 aliphatic carbocycles. The Kier molecular flexibility index (Phi) is 5.62. The molecule has 28 heavy (non-hydrogen) atoms. The van der Waals surface area contributed by atoms with E-state index in [1.54, 1.807) is 0 Å². The fourth-order valence-corrected chi connectivity index (χ4v) is 2.20. The van der Waals surface area contributed by atoms with E-state index >= 15 is 0 Å². The molecule has 0 saturated carbocycles. The zero-order valence-electron chi connectivity index (χ0n) is 14.6. The average molecular weight is 401 g/mol. The Labute approximate surface area is 154 Å². The molecule has 0 saturated heterocycles. The number of ether oxygens (including phenoxy) is 2. The second-order valence-electron chi connectivity index (χ2n) is 5.54. The van der Waals surface area contributed by atoms with Gasteiger partial charge in [0.25, 0.3) is 5.56 Å². The number of alkyl halides is 3. The van der Waals surface area contributed by atoms with Gasteiger partial charge in [0, 0.05) is 14.1 Å². The van der Waals surface area contributed by atoms with E-state index in [1.165, 1.54) is 7.05 Å². The molecular weight excluding hydrogens is 387 g/mol. The van der Waals surface area contributed by atoms with Gasteiger partial charge in [-0.3, -0.25) is 18.7 Å². The van der Waals surface area contributed by atoms with Crippen LogP contribution in [-0.4, -0.2) is 33.9 Å². The number of nitrogens with two attached hydrogens (primary N) is 1. The zero-order chi connectivity index (χ0) is 21.2. The van der Waals surface area contributed by atoms with Gasteiger partial charge in [-0.05, 0) is 24.3 Å². The highest BCUT2D eigenvalue weighted by Gasteiger charge is 2.31. The highest BCUT2D eigenvalue weighted by molar-refractivity contribution is 6.02. The van der Waals surface area contributed by atoms with E-state index < -0.39 is 47.3 Å². The molecule has 2 N–H and O–H groups in total. The molecule has 0 unspecified atom stereocenters. The van der Waals surface area contributed by atoms with Crippen molar-refractivity contribution in [3.63, 3.8) is 0 Å². The average Bonchev–Trinajstić information content (AvgIpc) is 2.62. The smallest absolute Gasteiger partial charge is 0.454 e. The monoisotopic (exact) mass is 401 g/mol. The maximum Gasteiger partial charge on any atom is 0.573 e. The van der Waals surface area contributed by atoms with E-state index in [1.807, 2.05) is 0 Å². The lowest BCUT2D eigenvalue weighted by Gasteiger charge is -2.11. The van der Waals surface area contributed by atoms with Crippen LogP contribution in [0.15, 0.2) is 33.9 Å². The molecule has 0 bridgehead atoms. The lowest BCUT2D eigenvalue weighted by Crippen LogP contribution is -2.42. The molecule has 1 aromatic carbocycles. The molecule has 0 fully saturated rings. The summed E-state index contributed by atoms with van der Waals surface area (Å²) in [5, 5.41) is 0. The molecule has 0 aliphatic rings. The van der Waals surface area contributed by atoms with Gasteiger partial charge in [-0.1, -0.05) is 0 Å². The molecule has 0 aliphatic heterocycles. The highest BCUT2D eigenvalue weighted by Crippen LogP contribution is 2.22. The number of nitrogens with zero attached hydrogens (tertiary/aromatic N) is 2. The standard InChI is InChI=1S/C16H14F3N3O6/c1-21-12(20)11(13(24)22(2)15(21)26)10(23)7-27-14(25)8-3-5-9(6-4-8)28-16(17,18)19/h3-6H,7,20H2,1-2H3. The van der Waals surface area contributed by atoms with Gasteiger partial charge in [0.05, 0.1) is 5.56 Å². The zero-order valence-corrected chi connectivity index (χ0v) is 14.6. The third-order valence-corrected chi connectivity index (χ3v) is 3.65. The summed E-state index contributed by atoms with van der Waals surface area (Å²) in [4.78, 5) is 47.9. The van der Waals surface area contributed by atoms with Crippen molar-refractivity contribution in [2.75, 3.05) is 12.3 Å². The lowest BCUT2D eigenvalue weighted by molar-refractivity contribution is -0.274. The molecule has 0 spiro atoms. The van der Waals surface area contributed by atoms with Crippen LogP contribution in [0.5, 0.6) is 5.75 Å². The Morgan fingerprint density at radius 1 is 1.07 bits per heavy atom. The fraction of sp³-hybridized carbons (Fsp3) is 0.250. The number of carbonyl (C=O) groups is 2.